The van der Waals surface area contributed by atoms with Crippen molar-refractivity contribution < 1.29 is 13.5 Å². The van der Waals surface area contributed by atoms with Crippen LogP contribution in [0.5, 0.6) is 5.75 Å². The van der Waals surface area contributed by atoms with Gasteiger partial charge in [0.25, 0.3) is 0 Å². The fourth-order valence-corrected chi connectivity index (χ4v) is 6.67. The first-order chi connectivity index (χ1) is 19.8. The molecule has 2 fully saturated rings. The number of piperazine rings is 1. The molecule has 1 N–H and O–H groups in total. The molecule has 8 nitrogen and oxygen atoms in total. The van der Waals surface area contributed by atoms with Gasteiger partial charge in [-0.25, -0.2) is 23.7 Å². The second kappa shape index (κ2) is 11.5. The molecule has 1 aliphatic carbocycles. The number of rotatable bonds is 7. The minimum absolute atomic E-state index is 0.0294. The number of anilines is 3. The van der Waals surface area contributed by atoms with Gasteiger partial charge in [-0.15, -0.1) is 0 Å². The predicted molar refractivity (Wildman–Crippen MR) is 157 cm³/mol. The van der Waals surface area contributed by atoms with Gasteiger partial charge in [0.1, 0.15) is 18.1 Å². The molecule has 1 saturated carbocycles. The van der Waals surface area contributed by atoms with Gasteiger partial charge in [-0.2, -0.15) is 0 Å². The summed E-state index contributed by atoms with van der Waals surface area (Å²) in [5.41, 5.74) is 2.00. The normalized spacial score (nSPS) is 19.0. The van der Waals surface area contributed by atoms with Gasteiger partial charge in [0, 0.05) is 50.5 Å². The topological polar surface area (TPSA) is 69.7 Å². The van der Waals surface area contributed by atoms with Crippen LogP contribution >= 0.6 is 0 Å². The van der Waals surface area contributed by atoms with E-state index in [1.807, 2.05) is 18.3 Å². The van der Waals surface area contributed by atoms with Crippen LogP contribution in [0.15, 0.2) is 36.7 Å². The molecule has 4 heterocycles. The Hall–Kier alpha value is -3.37. The Kier molecular flexibility index (Phi) is 7.78. The van der Waals surface area contributed by atoms with Crippen LogP contribution in [0.3, 0.4) is 0 Å². The van der Waals surface area contributed by atoms with Crippen LogP contribution < -0.4 is 15.0 Å². The average Bonchev–Trinajstić information content (AvgIpc) is 3.43. The van der Waals surface area contributed by atoms with Gasteiger partial charge in [0.15, 0.2) is 17.4 Å². The van der Waals surface area contributed by atoms with Crippen molar-refractivity contribution in [3.63, 3.8) is 0 Å². The van der Waals surface area contributed by atoms with Crippen LogP contribution in [0.1, 0.15) is 52.0 Å². The molecule has 0 bridgehead atoms. The van der Waals surface area contributed by atoms with Crippen molar-refractivity contribution in [2.45, 2.75) is 64.6 Å². The van der Waals surface area contributed by atoms with E-state index < -0.39 is 11.6 Å². The van der Waals surface area contributed by atoms with Crippen LogP contribution in [-0.2, 0) is 6.54 Å². The summed E-state index contributed by atoms with van der Waals surface area (Å²) in [7, 11) is 0. The Labute approximate surface area is 240 Å². The minimum Gasteiger partial charge on any atom is -0.486 e. The molecule has 10 heteroatoms. The maximum Gasteiger partial charge on any atom is 0.229 e. The third-order valence-corrected chi connectivity index (χ3v) is 8.73. The summed E-state index contributed by atoms with van der Waals surface area (Å²) in [6.45, 7) is 13.1. The lowest BCUT2D eigenvalue weighted by atomic mass is 9.91. The molecular weight excluding hydrogens is 524 g/mol. The van der Waals surface area contributed by atoms with E-state index in [0.717, 1.165) is 76.7 Å². The highest BCUT2D eigenvalue weighted by molar-refractivity contribution is 5.74. The molecule has 1 spiro atoms. The highest BCUT2D eigenvalue weighted by atomic mass is 19.1. The van der Waals surface area contributed by atoms with E-state index in [4.69, 9.17) is 4.74 Å². The molecule has 2 aliphatic heterocycles. The molecule has 0 atom stereocenters. The van der Waals surface area contributed by atoms with E-state index >= 15 is 8.78 Å². The maximum atomic E-state index is 15.4. The Morgan fingerprint density at radius 3 is 2.41 bits per heavy atom. The SMILES string of the molecule is CCN1CCN(Cc2ccc(Nc3ncc(F)c(-c4cc(F)c5c(c4)N(C(C)C)C4(CCCC4)CO5)n3)nc2)CC1. The smallest absolute Gasteiger partial charge is 0.229 e. The monoisotopic (exact) mass is 563 g/mol. The number of benzene rings is 1. The molecule has 2 aromatic heterocycles. The molecule has 218 valence electrons. The van der Waals surface area contributed by atoms with Gasteiger partial charge in [0.05, 0.1) is 17.4 Å². The first-order valence-corrected chi connectivity index (χ1v) is 14.8. The number of pyridine rings is 1. The van der Waals surface area contributed by atoms with E-state index in [2.05, 4.69) is 55.7 Å². The molecule has 0 radical (unpaired) electrons. The fourth-order valence-electron chi connectivity index (χ4n) is 6.67. The van der Waals surface area contributed by atoms with Gasteiger partial charge >= 0.3 is 0 Å². The first-order valence-electron chi connectivity index (χ1n) is 14.8. The van der Waals surface area contributed by atoms with Crippen LogP contribution in [0.25, 0.3) is 11.3 Å². The molecule has 0 unspecified atom stereocenters. The second-order valence-electron chi connectivity index (χ2n) is 11.8. The van der Waals surface area contributed by atoms with Crippen molar-refractivity contribution in [3.05, 3.63) is 53.9 Å². The summed E-state index contributed by atoms with van der Waals surface area (Å²) >= 11 is 0. The van der Waals surface area contributed by atoms with E-state index in [1.54, 1.807) is 6.07 Å². The number of ether oxygens (including phenoxy) is 1. The quantitative estimate of drug-likeness (QED) is 0.398. The first kappa shape index (κ1) is 27.8. The molecule has 3 aromatic rings. The highest BCUT2D eigenvalue weighted by Crippen LogP contribution is 2.49. The van der Waals surface area contributed by atoms with Gasteiger partial charge in [-0.3, -0.25) is 4.90 Å². The summed E-state index contributed by atoms with van der Waals surface area (Å²) in [6.07, 6.45) is 7.18. The number of aromatic nitrogens is 3. The van der Waals surface area contributed by atoms with Gasteiger partial charge < -0.3 is 19.9 Å². The van der Waals surface area contributed by atoms with Crippen molar-refractivity contribution >= 4 is 17.5 Å². The van der Waals surface area contributed by atoms with Crippen LogP contribution in [-0.4, -0.2) is 75.7 Å². The average molecular weight is 564 g/mol. The number of nitrogens with zero attached hydrogens (tertiary/aromatic N) is 6. The Balaban J connectivity index is 1.22. The summed E-state index contributed by atoms with van der Waals surface area (Å²) in [4.78, 5) is 20.3. The number of hydrogen-bond acceptors (Lipinski definition) is 8. The third-order valence-electron chi connectivity index (χ3n) is 8.73. The van der Waals surface area contributed by atoms with Gasteiger partial charge in [-0.1, -0.05) is 25.8 Å². The molecule has 1 saturated heterocycles. The van der Waals surface area contributed by atoms with Crippen molar-refractivity contribution in [1.82, 2.24) is 24.8 Å². The molecule has 0 amide bonds. The van der Waals surface area contributed by atoms with E-state index in [1.165, 1.54) is 6.07 Å². The van der Waals surface area contributed by atoms with Gasteiger partial charge in [0.2, 0.25) is 5.95 Å². The second-order valence-corrected chi connectivity index (χ2v) is 11.8. The number of fused-ring (bicyclic) bond motifs is 1. The summed E-state index contributed by atoms with van der Waals surface area (Å²) in [6, 6.07) is 7.14. The molecule has 1 aromatic carbocycles. The maximum absolute atomic E-state index is 15.4. The van der Waals surface area contributed by atoms with E-state index in [-0.39, 0.29) is 29.0 Å². The van der Waals surface area contributed by atoms with Crippen molar-refractivity contribution in [1.29, 1.82) is 0 Å². The lowest BCUT2D eigenvalue weighted by Crippen LogP contribution is -2.57. The summed E-state index contributed by atoms with van der Waals surface area (Å²) < 4.78 is 36.5. The van der Waals surface area contributed by atoms with Crippen LogP contribution in [0.4, 0.5) is 26.2 Å². The summed E-state index contributed by atoms with van der Waals surface area (Å²) in [5.74, 6) is -0.160. The Bertz CT molecular complexity index is 1370. The fraction of sp³-hybridized carbons (Fsp3) is 0.516. The molecule has 41 heavy (non-hydrogen) atoms. The van der Waals surface area contributed by atoms with E-state index in [0.29, 0.717) is 23.7 Å². The Morgan fingerprint density at radius 1 is 0.976 bits per heavy atom. The molecule has 6 rings (SSSR count). The largest absolute Gasteiger partial charge is 0.486 e. The zero-order valence-corrected chi connectivity index (χ0v) is 24.2. The standard InChI is InChI=1S/C31H39F2N7O/c1-4-38-11-13-39(14-12-38)19-22-7-8-27(34-17-22)36-30-35-18-25(33)28(37-30)23-15-24(32)29-26(16-23)40(21(2)3)31(20-41-29)9-5-6-10-31/h7-8,15-18,21H,4-6,9-14,19-20H2,1-3H3,(H,34,35,36,37). The number of halogens is 2. The Morgan fingerprint density at radius 2 is 1.73 bits per heavy atom. The molecular formula is C31H39F2N7O. The number of nitrogens with one attached hydrogen (secondary N) is 1. The van der Waals surface area contributed by atoms with Crippen molar-refractivity contribution in [2.24, 2.45) is 0 Å². The lowest BCUT2D eigenvalue weighted by Gasteiger charge is -2.49. The minimum atomic E-state index is -0.621. The zero-order valence-electron chi connectivity index (χ0n) is 24.2. The number of hydrogen-bond donors (Lipinski definition) is 1. The highest BCUT2D eigenvalue weighted by Gasteiger charge is 2.46. The van der Waals surface area contributed by atoms with Crippen molar-refractivity contribution in [2.75, 3.05) is 49.5 Å². The zero-order chi connectivity index (χ0) is 28.6. The van der Waals surface area contributed by atoms with Gasteiger partial charge in [-0.05, 0) is 57.0 Å². The predicted octanol–water partition coefficient (Wildman–Crippen LogP) is 5.62. The third kappa shape index (κ3) is 5.59. The van der Waals surface area contributed by atoms with Crippen LogP contribution in [0.2, 0.25) is 0 Å². The number of likely N-dealkylation sites (N-methyl/N-ethyl adjacent to an activating group) is 1. The summed E-state index contributed by atoms with van der Waals surface area (Å²) in [5, 5.41) is 3.08. The van der Waals surface area contributed by atoms with E-state index in [9.17, 15) is 0 Å². The molecule has 3 aliphatic rings. The van der Waals surface area contributed by atoms with Crippen LogP contribution in [0, 0.1) is 11.6 Å². The van der Waals surface area contributed by atoms with Crippen molar-refractivity contribution in [3.8, 4) is 17.0 Å². The lowest BCUT2D eigenvalue weighted by molar-refractivity contribution is 0.132.